The van der Waals surface area contributed by atoms with Gasteiger partial charge in [0.2, 0.25) is 5.95 Å². The summed E-state index contributed by atoms with van der Waals surface area (Å²) in [7, 11) is -0.122. The number of aromatic nitrogens is 2. The Kier molecular flexibility index (Phi) is 4.32. The van der Waals surface area contributed by atoms with E-state index in [1.807, 2.05) is 37.4 Å². The molecule has 1 aromatic carbocycles. The molecule has 1 aromatic heterocycles. The topological polar surface area (TPSA) is 70.5 Å². The summed E-state index contributed by atoms with van der Waals surface area (Å²) in [5, 5.41) is 3.25. The van der Waals surface area contributed by atoms with Crippen LogP contribution in [-0.4, -0.2) is 52.9 Å². The molecule has 1 saturated heterocycles. The number of benzene rings is 1. The highest BCUT2D eigenvalue weighted by molar-refractivity contribution is 7.92. The fourth-order valence-corrected chi connectivity index (χ4v) is 2.97. The zero-order chi connectivity index (χ0) is 16.4. The summed E-state index contributed by atoms with van der Waals surface area (Å²) in [5.74, 6) is 0.730. The van der Waals surface area contributed by atoms with Crippen molar-refractivity contribution in [3.8, 4) is 11.3 Å². The molecule has 0 spiro atoms. The summed E-state index contributed by atoms with van der Waals surface area (Å²) in [6.45, 7) is 1.93. The first-order valence-electron chi connectivity index (χ1n) is 7.46. The van der Waals surface area contributed by atoms with Crippen LogP contribution in [0.3, 0.4) is 0 Å². The number of hydrogen-bond donors (Lipinski definition) is 1. The Hall–Kier alpha value is -1.99. The van der Waals surface area contributed by atoms with Crippen LogP contribution < -0.4 is 10.2 Å². The summed E-state index contributed by atoms with van der Waals surface area (Å²) in [5.41, 5.74) is 2.58. The second-order valence-electron chi connectivity index (χ2n) is 5.98. The molecule has 122 valence electrons. The number of nitrogens with zero attached hydrogens (tertiary/aromatic N) is 4. The molecule has 23 heavy (non-hydrogen) atoms. The maximum absolute atomic E-state index is 11.7. The second kappa shape index (κ2) is 6.25. The highest BCUT2D eigenvalue weighted by atomic mass is 32.2. The minimum Gasteiger partial charge on any atom is -0.338 e. The Morgan fingerprint density at radius 3 is 2.48 bits per heavy atom. The number of rotatable bonds is 4. The minimum atomic E-state index is -2.14. The lowest BCUT2D eigenvalue weighted by molar-refractivity contribution is 0.424. The average molecular weight is 331 g/mol. The van der Waals surface area contributed by atoms with E-state index in [2.05, 4.69) is 24.5 Å². The number of likely N-dealkylation sites (N-methyl/N-ethyl adjacent to an activating group) is 1. The molecule has 1 aliphatic heterocycles. The van der Waals surface area contributed by atoms with Gasteiger partial charge in [-0.05, 0) is 18.2 Å². The number of hydrogen-bond acceptors (Lipinski definition) is 6. The van der Waals surface area contributed by atoms with Crippen molar-refractivity contribution in [2.24, 2.45) is 4.36 Å². The molecule has 0 saturated carbocycles. The van der Waals surface area contributed by atoms with Crippen molar-refractivity contribution < 1.29 is 4.21 Å². The van der Waals surface area contributed by atoms with Crippen molar-refractivity contribution in [1.29, 1.82) is 0 Å². The predicted molar refractivity (Wildman–Crippen MR) is 94.6 cm³/mol. The Morgan fingerprint density at radius 1 is 1.22 bits per heavy atom. The zero-order valence-electron chi connectivity index (χ0n) is 13.6. The van der Waals surface area contributed by atoms with Crippen molar-refractivity contribution in [2.45, 2.75) is 6.04 Å². The fraction of sp³-hybridized carbons (Fsp3) is 0.375. The van der Waals surface area contributed by atoms with Crippen LogP contribution in [0.15, 0.2) is 40.9 Å². The Morgan fingerprint density at radius 2 is 1.91 bits per heavy atom. The molecule has 0 radical (unpaired) electrons. The van der Waals surface area contributed by atoms with Crippen molar-refractivity contribution >= 4 is 21.4 Å². The summed E-state index contributed by atoms with van der Waals surface area (Å²) < 4.78 is 15.9. The van der Waals surface area contributed by atoms with Crippen LogP contribution in [0.25, 0.3) is 11.3 Å². The lowest BCUT2D eigenvalue weighted by Gasteiger charge is -2.35. The molecule has 2 aromatic rings. The third-order valence-electron chi connectivity index (χ3n) is 3.75. The maximum atomic E-state index is 11.7. The predicted octanol–water partition coefficient (Wildman–Crippen LogP) is 1.91. The summed E-state index contributed by atoms with van der Waals surface area (Å²) in [6, 6.07) is 9.97. The molecule has 0 aliphatic carbocycles. The third-order valence-corrected chi connectivity index (χ3v) is 4.40. The molecular formula is C16H21N5OS. The molecule has 1 aliphatic rings. The lowest BCUT2D eigenvalue weighted by atomic mass is 10.1. The highest BCUT2D eigenvalue weighted by Crippen LogP contribution is 2.23. The molecule has 0 bridgehead atoms. The van der Waals surface area contributed by atoms with E-state index in [0.717, 1.165) is 36.0 Å². The van der Waals surface area contributed by atoms with Gasteiger partial charge in [0.15, 0.2) is 0 Å². The third kappa shape index (κ3) is 3.86. The van der Waals surface area contributed by atoms with Gasteiger partial charge >= 0.3 is 0 Å². The first kappa shape index (κ1) is 15.9. The van der Waals surface area contributed by atoms with Gasteiger partial charge in [-0.2, -0.15) is 4.36 Å². The molecular weight excluding hydrogens is 310 g/mol. The highest BCUT2D eigenvalue weighted by Gasteiger charge is 2.23. The molecule has 1 N–H and O–H groups in total. The lowest BCUT2D eigenvalue weighted by Crippen LogP contribution is -2.56. The number of nitrogens with one attached hydrogen (secondary N) is 1. The molecule has 0 atom stereocenters. The van der Waals surface area contributed by atoms with Crippen molar-refractivity contribution in [3.63, 3.8) is 0 Å². The molecule has 0 amide bonds. The van der Waals surface area contributed by atoms with Crippen LogP contribution in [0.5, 0.6) is 0 Å². The van der Waals surface area contributed by atoms with E-state index in [1.165, 1.54) is 0 Å². The van der Waals surface area contributed by atoms with Gasteiger partial charge < -0.3 is 10.2 Å². The molecule has 1 fully saturated rings. The summed E-state index contributed by atoms with van der Waals surface area (Å²) >= 11 is 0. The van der Waals surface area contributed by atoms with Crippen LogP contribution in [0, 0.1) is 0 Å². The fourth-order valence-electron chi connectivity index (χ4n) is 2.34. The van der Waals surface area contributed by atoms with Crippen LogP contribution in [-0.2, 0) is 9.73 Å². The van der Waals surface area contributed by atoms with Gasteiger partial charge in [0.05, 0.1) is 17.4 Å². The van der Waals surface area contributed by atoms with Gasteiger partial charge in [-0.15, -0.1) is 0 Å². The normalized spacial score (nSPS) is 15.1. The smallest absolute Gasteiger partial charge is 0.225 e. The van der Waals surface area contributed by atoms with Crippen molar-refractivity contribution in [3.05, 3.63) is 36.5 Å². The molecule has 7 heteroatoms. The monoisotopic (exact) mass is 331 g/mol. The van der Waals surface area contributed by atoms with E-state index in [0.29, 0.717) is 6.04 Å². The largest absolute Gasteiger partial charge is 0.338 e. The van der Waals surface area contributed by atoms with Gasteiger partial charge in [0, 0.05) is 54.1 Å². The van der Waals surface area contributed by atoms with Gasteiger partial charge in [-0.25, -0.2) is 14.2 Å². The summed E-state index contributed by atoms with van der Waals surface area (Å²) in [6.07, 6.45) is 5.04. The van der Waals surface area contributed by atoms with Gasteiger partial charge in [-0.3, -0.25) is 0 Å². The number of anilines is 1. The van der Waals surface area contributed by atoms with Crippen LogP contribution in [0.1, 0.15) is 0 Å². The zero-order valence-corrected chi connectivity index (χ0v) is 14.4. The Bertz CT molecular complexity index is 799. The van der Waals surface area contributed by atoms with E-state index in [4.69, 9.17) is 0 Å². The average Bonchev–Trinajstić information content (AvgIpc) is 2.45. The SMILES string of the molecule is CN(c1nccc(-c2ccc(N=S(C)(C)=O)cc2)n1)C1CNC1. The minimum absolute atomic E-state index is 0.452. The van der Waals surface area contributed by atoms with E-state index < -0.39 is 9.73 Å². The molecule has 6 nitrogen and oxygen atoms in total. The van der Waals surface area contributed by atoms with E-state index >= 15 is 0 Å². The molecule has 2 heterocycles. The van der Waals surface area contributed by atoms with E-state index in [-0.39, 0.29) is 0 Å². The van der Waals surface area contributed by atoms with Crippen LogP contribution >= 0.6 is 0 Å². The second-order valence-corrected chi connectivity index (χ2v) is 8.53. The van der Waals surface area contributed by atoms with Gasteiger partial charge in [0.1, 0.15) is 0 Å². The molecule has 3 rings (SSSR count). The summed E-state index contributed by atoms with van der Waals surface area (Å²) in [4.78, 5) is 11.1. The first-order chi connectivity index (χ1) is 10.9. The Labute approximate surface area is 137 Å². The van der Waals surface area contributed by atoms with Crippen molar-refractivity contribution in [1.82, 2.24) is 15.3 Å². The van der Waals surface area contributed by atoms with Crippen LogP contribution in [0.2, 0.25) is 0 Å². The Balaban J connectivity index is 1.85. The van der Waals surface area contributed by atoms with Crippen molar-refractivity contribution in [2.75, 3.05) is 37.5 Å². The van der Waals surface area contributed by atoms with E-state index in [1.54, 1.807) is 18.7 Å². The van der Waals surface area contributed by atoms with E-state index in [9.17, 15) is 4.21 Å². The maximum Gasteiger partial charge on any atom is 0.225 e. The van der Waals surface area contributed by atoms with Gasteiger partial charge in [-0.1, -0.05) is 12.1 Å². The van der Waals surface area contributed by atoms with Crippen LogP contribution in [0.4, 0.5) is 11.6 Å². The first-order valence-corrected chi connectivity index (χ1v) is 9.80. The molecule has 0 unspecified atom stereocenters. The van der Waals surface area contributed by atoms with Gasteiger partial charge in [0.25, 0.3) is 0 Å². The standard InChI is InChI=1S/C16H21N5OS/c1-21(14-10-17-11-14)16-18-9-8-15(19-16)12-4-6-13(7-5-12)20-23(2,3)22/h4-9,14,17H,10-11H2,1-3H3. The quantitative estimate of drug-likeness (QED) is 0.927.